The van der Waals surface area contributed by atoms with Gasteiger partial charge in [0.15, 0.2) is 0 Å². The molecule has 1 fully saturated rings. The van der Waals surface area contributed by atoms with Crippen molar-refractivity contribution in [3.05, 3.63) is 29.8 Å². The summed E-state index contributed by atoms with van der Waals surface area (Å²) in [5, 5.41) is 7.28. The molecule has 0 spiro atoms. The van der Waals surface area contributed by atoms with Crippen LogP contribution in [0.1, 0.15) is 37.7 Å². The van der Waals surface area contributed by atoms with Crippen molar-refractivity contribution < 1.29 is 4.39 Å². The summed E-state index contributed by atoms with van der Waals surface area (Å²) >= 11 is 0. The van der Waals surface area contributed by atoms with E-state index < -0.39 is 0 Å². The van der Waals surface area contributed by atoms with Gasteiger partial charge in [0.1, 0.15) is 11.6 Å². The highest BCUT2D eigenvalue weighted by Gasteiger charge is 2.32. The number of nitrogens with two attached hydrogens (primary N) is 1. The van der Waals surface area contributed by atoms with E-state index in [1.54, 1.807) is 6.07 Å². The molecule has 3 rings (SSSR count). The molecule has 1 aromatic carbocycles. The third-order valence-corrected chi connectivity index (χ3v) is 3.84. The van der Waals surface area contributed by atoms with Crippen LogP contribution < -0.4 is 5.73 Å². The molecule has 2 aromatic rings. The Balaban J connectivity index is 2.11. The predicted octanol–water partition coefficient (Wildman–Crippen LogP) is 2.80. The molecule has 19 heavy (non-hydrogen) atoms. The summed E-state index contributed by atoms with van der Waals surface area (Å²) in [6.07, 6.45) is 3.30. The molecule has 0 saturated heterocycles. The number of aromatic nitrogens is 2. The van der Waals surface area contributed by atoms with Crippen molar-refractivity contribution in [2.75, 3.05) is 0 Å². The molecule has 1 saturated carbocycles. The summed E-state index contributed by atoms with van der Waals surface area (Å²) in [5.74, 6) is 0.874. The molecule has 0 bridgehead atoms. The van der Waals surface area contributed by atoms with Crippen LogP contribution in [0.25, 0.3) is 11.0 Å². The predicted molar refractivity (Wildman–Crippen MR) is 72.8 cm³/mol. The second-order valence-electron chi connectivity index (χ2n) is 5.31. The van der Waals surface area contributed by atoms with Gasteiger partial charge in [-0.15, -0.1) is 0 Å². The monoisotopic (exact) mass is 260 g/mol. The second kappa shape index (κ2) is 4.42. The first-order valence-corrected chi connectivity index (χ1v) is 6.53. The third-order valence-electron chi connectivity index (χ3n) is 3.84. The zero-order valence-electron chi connectivity index (χ0n) is 10.8. The van der Waals surface area contributed by atoms with E-state index in [9.17, 15) is 4.39 Å². The number of halogens is 1. The van der Waals surface area contributed by atoms with E-state index in [0.717, 1.165) is 29.7 Å². The SMILES string of the molecule is C[C@H](N)c1nc2ccc(F)cc2n1C1CC(C=N)C1. The normalized spacial score (nSPS) is 24.2. The molecule has 1 aliphatic carbocycles. The third kappa shape index (κ3) is 1.94. The number of nitrogens with zero attached hydrogens (tertiary/aromatic N) is 2. The van der Waals surface area contributed by atoms with Crippen molar-refractivity contribution in [3.8, 4) is 0 Å². The quantitative estimate of drug-likeness (QED) is 0.833. The first kappa shape index (κ1) is 12.3. The van der Waals surface area contributed by atoms with Gasteiger partial charge in [0, 0.05) is 6.04 Å². The Kier molecular flexibility index (Phi) is 2.86. The van der Waals surface area contributed by atoms with E-state index in [4.69, 9.17) is 11.1 Å². The van der Waals surface area contributed by atoms with Crippen molar-refractivity contribution in [3.63, 3.8) is 0 Å². The highest BCUT2D eigenvalue weighted by Crippen LogP contribution is 2.40. The van der Waals surface area contributed by atoms with E-state index in [1.807, 2.05) is 6.92 Å². The Morgan fingerprint density at radius 2 is 2.26 bits per heavy atom. The van der Waals surface area contributed by atoms with E-state index >= 15 is 0 Å². The summed E-state index contributed by atoms with van der Waals surface area (Å²) in [6, 6.07) is 4.73. The molecule has 4 nitrogen and oxygen atoms in total. The lowest BCUT2D eigenvalue weighted by atomic mass is 9.80. The summed E-state index contributed by atoms with van der Waals surface area (Å²) in [4.78, 5) is 4.52. The van der Waals surface area contributed by atoms with Crippen molar-refractivity contribution >= 4 is 17.2 Å². The van der Waals surface area contributed by atoms with Gasteiger partial charge < -0.3 is 15.7 Å². The van der Waals surface area contributed by atoms with E-state index in [1.165, 1.54) is 18.3 Å². The van der Waals surface area contributed by atoms with E-state index in [-0.39, 0.29) is 17.9 Å². The maximum Gasteiger partial charge on any atom is 0.126 e. The molecule has 1 heterocycles. The van der Waals surface area contributed by atoms with Crippen molar-refractivity contribution in [1.82, 2.24) is 9.55 Å². The Bertz CT molecular complexity index is 626. The number of hydrogen-bond acceptors (Lipinski definition) is 3. The highest BCUT2D eigenvalue weighted by molar-refractivity contribution is 5.76. The molecule has 1 aromatic heterocycles. The molecule has 0 amide bonds. The van der Waals surface area contributed by atoms with E-state index in [0.29, 0.717) is 5.92 Å². The summed E-state index contributed by atoms with van der Waals surface area (Å²) in [6.45, 7) is 1.89. The number of benzene rings is 1. The zero-order valence-corrected chi connectivity index (χ0v) is 10.8. The molecule has 100 valence electrons. The molecule has 0 radical (unpaired) electrons. The number of imidazole rings is 1. The standard InChI is InChI=1S/C14H17FN4/c1-8(17)14-18-12-3-2-10(15)6-13(12)19(14)11-4-9(5-11)7-16/h2-3,6-9,11,16H,4-5,17H2,1H3/t8-,9?,11?/m0/s1. The fraction of sp³-hybridized carbons (Fsp3) is 0.429. The Labute approximate surface area is 110 Å². The summed E-state index contributed by atoms with van der Waals surface area (Å²) in [7, 11) is 0. The molecular formula is C14H17FN4. The van der Waals surface area contributed by atoms with Gasteiger partial charge in [-0.1, -0.05) is 0 Å². The smallest absolute Gasteiger partial charge is 0.126 e. The average molecular weight is 260 g/mol. The Hall–Kier alpha value is -1.75. The van der Waals surface area contributed by atoms with Crippen LogP contribution in [-0.2, 0) is 0 Å². The largest absolute Gasteiger partial charge is 0.323 e. The lowest BCUT2D eigenvalue weighted by molar-refractivity contribution is 0.259. The van der Waals surface area contributed by atoms with Crippen molar-refractivity contribution in [2.45, 2.75) is 31.8 Å². The molecule has 5 heteroatoms. The summed E-state index contributed by atoms with van der Waals surface area (Å²) < 4.78 is 15.5. The Morgan fingerprint density at radius 1 is 1.53 bits per heavy atom. The number of fused-ring (bicyclic) bond motifs is 1. The van der Waals surface area contributed by atoms with Gasteiger partial charge in [0.2, 0.25) is 0 Å². The molecule has 0 aliphatic heterocycles. The van der Waals surface area contributed by atoms with Crippen LogP contribution in [0.3, 0.4) is 0 Å². The van der Waals surface area contributed by atoms with Crippen LogP contribution in [0, 0.1) is 17.1 Å². The number of nitrogens with one attached hydrogen (secondary N) is 1. The van der Waals surface area contributed by atoms with Gasteiger partial charge in [-0.3, -0.25) is 0 Å². The van der Waals surface area contributed by atoms with Crippen molar-refractivity contribution in [2.24, 2.45) is 11.7 Å². The average Bonchev–Trinajstić information content (AvgIpc) is 2.67. The van der Waals surface area contributed by atoms with Gasteiger partial charge in [0.05, 0.1) is 17.1 Å². The number of hydrogen-bond donors (Lipinski definition) is 2. The first-order valence-electron chi connectivity index (χ1n) is 6.53. The minimum atomic E-state index is -0.257. The maximum atomic E-state index is 13.4. The van der Waals surface area contributed by atoms with Crippen LogP contribution in [0.5, 0.6) is 0 Å². The van der Waals surface area contributed by atoms with Gasteiger partial charge in [-0.25, -0.2) is 9.37 Å². The fourth-order valence-corrected chi connectivity index (χ4v) is 2.77. The number of rotatable bonds is 3. The first-order chi connectivity index (χ1) is 9.10. The Morgan fingerprint density at radius 3 is 2.89 bits per heavy atom. The lowest BCUT2D eigenvalue weighted by Crippen LogP contribution is -2.29. The van der Waals surface area contributed by atoms with Crippen LogP contribution in [0.4, 0.5) is 4.39 Å². The fourth-order valence-electron chi connectivity index (χ4n) is 2.77. The van der Waals surface area contributed by atoms with Gasteiger partial charge in [-0.05, 0) is 50.1 Å². The topological polar surface area (TPSA) is 67.7 Å². The molecule has 0 unspecified atom stereocenters. The van der Waals surface area contributed by atoms with E-state index in [2.05, 4.69) is 9.55 Å². The van der Waals surface area contributed by atoms with Gasteiger partial charge in [-0.2, -0.15) is 0 Å². The van der Waals surface area contributed by atoms with Crippen LogP contribution in [-0.4, -0.2) is 15.8 Å². The van der Waals surface area contributed by atoms with Crippen LogP contribution >= 0.6 is 0 Å². The van der Waals surface area contributed by atoms with Crippen molar-refractivity contribution in [1.29, 1.82) is 5.41 Å². The minimum absolute atomic E-state index is 0.186. The molecule has 1 aliphatic rings. The minimum Gasteiger partial charge on any atom is -0.323 e. The maximum absolute atomic E-state index is 13.4. The summed E-state index contributed by atoms with van der Waals surface area (Å²) in [5.41, 5.74) is 7.57. The van der Waals surface area contributed by atoms with Crippen LogP contribution in [0.2, 0.25) is 0 Å². The lowest BCUT2D eigenvalue weighted by Gasteiger charge is -2.35. The second-order valence-corrected chi connectivity index (χ2v) is 5.31. The van der Waals surface area contributed by atoms with Gasteiger partial charge in [0.25, 0.3) is 0 Å². The zero-order chi connectivity index (χ0) is 13.6. The highest BCUT2D eigenvalue weighted by atomic mass is 19.1. The van der Waals surface area contributed by atoms with Gasteiger partial charge >= 0.3 is 0 Å². The molecule has 1 atom stereocenters. The van der Waals surface area contributed by atoms with Crippen LogP contribution in [0.15, 0.2) is 18.2 Å². The molecular weight excluding hydrogens is 243 g/mol. The molecule has 3 N–H and O–H groups in total.